The van der Waals surface area contributed by atoms with Gasteiger partial charge in [-0.3, -0.25) is 25.2 Å². The van der Waals surface area contributed by atoms with E-state index in [1.165, 1.54) is 30.5 Å². The molecule has 3 rings (SSSR count). The fraction of sp³-hybridized carbons (Fsp3) is 0.0952. The molecule has 8 nitrogen and oxygen atoms in total. The van der Waals surface area contributed by atoms with Crippen LogP contribution in [0.5, 0.6) is 5.75 Å². The summed E-state index contributed by atoms with van der Waals surface area (Å²) in [5, 5.41) is 12.6. The van der Waals surface area contributed by atoms with Gasteiger partial charge in [0.1, 0.15) is 11.8 Å². The molecular weight excluding hydrogens is 410 g/mol. The van der Waals surface area contributed by atoms with E-state index in [2.05, 4.69) is 16.2 Å². The van der Waals surface area contributed by atoms with Crippen LogP contribution in [0.15, 0.2) is 71.3 Å². The van der Waals surface area contributed by atoms with Crippen molar-refractivity contribution in [3.05, 3.63) is 88.8 Å². The molecule has 0 spiro atoms. The lowest BCUT2D eigenvalue weighted by Crippen LogP contribution is -2.53. The molecule has 154 valence electrons. The van der Waals surface area contributed by atoms with E-state index in [4.69, 9.17) is 16.0 Å². The molecule has 0 fully saturated rings. The quantitative estimate of drug-likeness (QED) is 0.450. The number of hydrogen-bond donors (Lipinski definition) is 4. The summed E-state index contributed by atoms with van der Waals surface area (Å²) in [5.41, 5.74) is 5.16. The first-order chi connectivity index (χ1) is 14.4. The van der Waals surface area contributed by atoms with Crippen LogP contribution in [0.25, 0.3) is 0 Å². The van der Waals surface area contributed by atoms with Gasteiger partial charge in [0, 0.05) is 11.4 Å². The molecular formula is C21H18ClN3O5. The number of rotatable bonds is 6. The van der Waals surface area contributed by atoms with Crippen LogP contribution in [-0.2, 0) is 11.2 Å². The molecule has 4 N–H and O–H groups in total. The van der Waals surface area contributed by atoms with Crippen molar-refractivity contribution < 1.29 is 23.9 Å². The van der Waals surface area contributed by atoms with Crippen molar-refractivity contribution in [2.75, 3.05) is 0 Å². The third-order valence-corrected chi connectivity index (χ3v) is 4.39. The predicted molar refractivity (Wildman–Crippen MR) is 109 cm³/mol. The van der Waals surface area contributed by atoms with Gasteiger partial charge in [-0.15, -0.1) is 0 Å². The van der Waals surface area contributed by atoms with Gasteiger partial charge >= 0.3 is 0 Å². The molecule has 1 atom stereocenters. The zero-order chi connectivity index (χ0) is 21.5. The molecule has 0 saturated carbocycles. The summed E-state index contributed by atoms with van der Waals surface area (Å²) in [6.45, 7) is 0. The van der Waals surface area contributed by atoms with Crippen molar-refractivity contribution in [1.29, 1.82) is 0 Å². The third kappa shape index (κ3) is 5.39. The molecule has 30 heavy (non-hydrogen) atoms. The van der Waals surface area contributed by atoms with Crippen LogP contribution in [-0.4, -0.2) is 28.9 Å². The highest BCUT2D eigenvalue weighted by atomic mass is 35.5. The van der Waals surface area contributed by atoms with Gasteiger partial charge in [0.15, 0.2) is 5.76 Å². The van der Waals surface area contributed by atoms with Gasteiger partial charge in [-0.25, -0.2) is 0 Å². The van der Waals surface area contributed by atoms with E-state index < -0.39 is 23.8 Å². The molecule has 1 heterocycles. The average Bonchev–Trinajstić information content (AvgIpc) is 3.29. The fourth-order valence-corrected chi connectivity index (χ4v) is 2.83. The van der Waals surface area contributed by atoms with E-state index in [-0.39, 0.29) is 28.5 Å². The molecule has 3 aromatic rings. The van der Waals surface area contributed by atoms with Gasteiger partial charge in [0.2, 0.25) is 0 Å². The van der Waals surface area contributed by atoms with Crippen LogP contribution in [0, 0.1) is 0 Å². The van der Waals surface area contributed by atoms with E-state index in [0.717, 1.165) is 5.56 Å². The summed E-state index contributed by atoms with van der Waals surface area (Å²) in [6, 6.07) is 15.0. The zero-order valence-electron chi connectivity index (χ0n) is 15.6. The predicted octanol–water partition coefficient (Wildman–Crippen LogP) is 2.44. The summed E-state index contributed by atoms with van der Waals surface area (Å²) in [4.78, 5) is 37.3. The molecule has 0 aliphatic heterocycles. The normalized spacial score (nSPS) is 11.4. The topological polar surface area (TPSA) is 121 Å². The van der Waals surface area contributed by atoms with Crippen LogP contribution < -0.4 is 16.2 Å². The van der Waals surface area contributed by atoms with Gasteiger partial charge in [-0.2, -0.15) is 0 Å². The molecule has 9 heteroatoms. The Kier molecular flexibility index (Phi) is 6.71. The second-order valence-corrected chi connectivity index (χ2v) is 6.73. The Morgan fingerprint density at radius 3 is 2.43 bits per heavy atom. The van der Waals surface area contributed by atoms with Crippen LogP contribution in [0.4, 0.5) is 0 Å². The lowest BCUT2D eigenvalue weighted by Gasteiger charge is -2.18. The van der Waals surface area contributed by atoms with Crippen LogP contribution in [0.3, 0.4) is 0 Å². The molecule has 0 aliphatic rings. The monoisotopic (exact) mass is 427 g/mol. The van der Waals surface area contributed by atoms with Gasteiger partial charge in [0.05, 0.1) is 11.8 Å². The van der Waals surface area contributed by atoms with Crippen LogP contribution in [0.2, 0.25) is 5.02 Å². The Morgan fingerprint density at radius 2 is 1.73 bits per heavy atom. The van der Waals surface area contributed by atoms with Crippen LogP contribution >= 0.6 is 11.6 Å². The number of phenolic OH excluding ortho intramolecular Hbond substituents is 1. The molecule has 3 amide bonds. The summed E-state index contributed by atoms with van der Waals surface area (Å²) >= 11 is 5.84. The molecule has 0 bridgehead atoms. The smallest absolute Gasteiger partial charge is 0.287 e. The zero-order valence-corrected chi connectivity index (χ0v) is 16.3. The maximum absolute atomic E-state index is 12.7. The molecule has 0 saturated heterocycles. The number of benzene rings is 2. The summed E-state index contributed by atoms with van der Waals surface area (Å²) in [7, 11) is 0. The third-order valence-electron chi connectivity index (χ3n) is 4.15. The number of phenols is 1. The lowest BCUT2D eigenvalue weighted by atomic mass is 10.1. The van der Waals surface area contributed by atoms with E-state index in [1.54, 1.807) is 6.07 Å². The Hall–Kier alpha value is -3.78. The standard InChI is InChI=1S/C21H18ClN3O5/c22-14-8-9-17(26)15(12-14)19(27)24-25-20(28)16(11-13-5-2-1-3-6-13)23-21(29)18-7-4-10-30-18/h1-10,12,16,26H,11H2,(H,23,29)(H,24,27)(H,25,28)/t16-/m0/s1. The highest BCUT2D eigenvalue weighted by Crippen LogP contribution is 2.21. The Labute approximate surface area is 176 Å². The van der Waals surface area contributed by atoms with E-state index >= 15 is 0 Å². The first-order valence-corrected chi connectivity index (χ1v) is 9.29. The van der Waals surface area contributed by atoms with Crippen molar-refractivity contribution in [2.45, 2.75) is 12.5 Å². The van der Waals surface area contributed by atoms with Crippen molar-refractivity contribution in [3.8, 4) is 5.75 Å². The average molecular weight is 428 g/mol. The van der Waals surface area contributed by atoms with Crippen LogP contribution in [0.1, 0.15) is 26.5 Å². The number of hydrazine groups is 1. The van der Waals surface area contributed by atoms with E-state index in [0.29, 0.717) is 0 Å². The summed E-state index contributed by atoms with van der Waals surface area (Å²) in [5.74, 6) is -2.24. The molecule has 2 aromatic carbocycles. The number of carbonyl (C=O) groups is 3. The SMILES string of the molecule is O=C(N[C@@H](Cc1ccccc1)C(=O)NNC(=O)c1cc(Cl)ccc1O)c1ccco1. The second kappa shape index (κ2) is 9.62. The van der Waals surface area contributed by atoms with Gasteiger partial charge < -0.3 is 14.8 Å². The first kappa shape index (κ1) is 20.9. The summed E-state index contributed by atoms with van der Waals surface area (Å²) < 4.78 is 5.05. The number of amides is 3. The number of furan rings is 1. The fourth-order valence-electron chi connectivity index (χ4n) is 2.66. The first-order valence-electron chi connectivity index (χ1n) is 8.91. The minimum absolute atomic E-state index is 0.0498. The van der Waals surface area contributed by atoms with E-state index in [9.17, 15) is 19.5 Å². The van der Waals surface area contributed by atoms with Gasteiger partial charge in [-0.1, -0.05) is 41.9 Å². The Morgan fingerprint density at radius 1 is 0.967 bits per heavy atom. The molecule has 0 radical (unpaired) electrons. The number of carbonyl (C=O) groups excluding carboxylic acids is 3. The number of halogens is 1. The van der Waals surface area contributed by atoms with Gasteiger partial charge in [0.25, 0.3) is 17.7 Å². The van der Waals surface area contributed by atoms with E-state index in [1.807, 2.05) is 30.3 Å². The maximum Gasteiger partial charge on any atom is 0.287 e. The minimum atomic E-state index is -1.00. The van der Waals surface area contributed by atoms with Crippen molar-refractivity contribution in [2.24, 2.45) is 0 Å². The molecule has 0 aliphatic carbocycles. The number of nitrogens with one attached hydrogen (secondary N) is 3. The Balaban J connectivity index is 1.70. The van der Waals surface area contributed by atoms with Crippen molar-refractivity contribution in [1.82, 2.24) is 16.2 Å². The molecule has 0 unspecified atom stereocenters. The van der Waals surface area contributed by atoms with Crippen molar-refractivity contribution in [3.63, 3.8) is 0 Å². The minimum Gasteiger partial charge on any atom is -0.507 e. The lowest BCUT2D eigenvalue weighted by molar-refractivity contribution is -0.123. The highest BCUT2D eigenvalue weighted by molar-refractivity contribution is 6.31. The number of hydrogen-bond acceptors (Lipinski definition) is 5. The largest absolute Gasteiger partial charge is 0.507 e. The van der Waals surface area contributed by atoms with Gasteiger partial charge in [-0.05, 0) is 35.9 Å². The second-order valence-electron chi connectivity index (χ2n) is 6.30. The summed E-state index contributed by atoms with van der Waals surface area (Å²) in [6.07, 6.45) is 1.52. The Bertz CT molecular complexity index is 1040. The molecule has 1 aromatic heterocycles. The van der Waals surface area contributed by atoms with Crippen molar-refractivity contribution >= 4 is 29.3 Å². The number of aromatic hydroxyl groups is 1. The maximum atomic E-state index is 12.7. The highest BCUT2D eigenvalue weighted by Gasteiger charge is 2.24.